The van der Waals surface area contributed by atoms with Crippen LogP contribution in [0.2, 0.25) is 0 Å². The molecule has 5 nitrogen and oxygen atoms in total. The minimum atomic E-state index is -4.64. The van der Waals surface area contributed by atoms with E-state index in [4.69, 9.17) is 5.11 Å². The normalized spacial score (nSPS) is 11.5. The molecule has 0 unspecified atom stereocenters. The predicted octanol–water partition coefficient (Wildman–Crippen LogP) is 1.47. The number of carboxylic acid groups (broad SMARTS) is 1. The quantitative estimate of drug-likeness (QED) is 0.843. The van der Waals surface area contributed by atoms with E-state index in [9.17, 15) is 18.0 Å². The number of carboxylic acids is 1. The summed E-state index contributed by atoms with van der Waals surface area (Å²) in [5.41, 5.74) is -1.59. The van der Waals surface area contributed by atoms with Gasteiger partial charge in [0.25, 0.3) is 0 Å². The molecule has 1 aromatic rings. The number of halogens is 3. The lowest BCUT2D eigenvalue weighted by Gasteiger charge is -2.01. The second kappa shape index (κ2) is 3.79. The SMILES string of the molecule is Cc1c(C(F)(F)F)noc1OCC(=O)O. The first-order chi connectivity index (χ1) is 6.82. The van der Waals surface area contributed by atoms with Crippen LogP contribution in [0.5, 0.6) is 5.95 Å². The molecule has 0 saturated carbocycles. The first kappa shape index (κ1) is 11.3. The number of hydrogen-bond acceptors (Lipinski definition) is 4. The molecule has 1 N–H and O–H groups in total. The maximum atomic E-state index is 12.2. The highest BCUT2D eigenvalue weighted by Gasteiger charge is 2.38. The Balaban J connectivity index is 2.85. The van der Waals surface area contributed by atoms with Crippen molar-refractivity contribution >= 4 is 5.97 Å². The molecule has 0 aliphatic carbocycles. The molecule has 0 atom stereocenters. The summed E-state index contributed by atoms with van der Waals surface area (Å²) in [5, 5.41) is 11.0. The van der Waals surface area contributed by atoms with Crippen molar-refractivity contribution in [2.45, 2.75) is 13.1 Å². The molecular weight excluding hydrogens is 219 g/mol. The maximum absolute atomic E-state index is 12.2. The predicted molar refractivity (Wildman–Crippen MR) is 39.4 cm³/mol. The Labute approximate surface area is 81.4 Å². The number of nitrogens with zero attached hydrogens (tertiary/aromatic N) is 1. The van der Waals surface area contributed by atoms with Gasteiger partial charge in [0.2, 0.25) is 0 Å². The van der Waals surface area contributed by atoms with Gasteiger partial charge >= 0.3 is 18.1 Å². The number of hydrogen-bond donors (Lipinski definition) is 1. The van der Waals surface area contributed by atoms with E-state index in [1.807, 2.05) is 0 Å². The molecule has 8 heteroatoms. The number of carbonyl (C=O) groups is 1. The van der Waals surface area contributed by atoms with Crippen LogP contribution in [0.3, 0.4) is 0 Å². The van der Waals surface area contributed by atoms with Gasteiger partial charge in [0.05, 0.1) is 5.56 Å². The zero-order chi connectivity index (χ0) is 11.6. The van der Waals surface area contributed by atoms with Gasteiger partial charge in [-0.25, -0.2) is 4.79 Å². The van der Waals surface area contributed by atoms with Crippen LogP contribution in [0, 0.1) is 6.92 Å². The van der Waals surface area contributed by atoms with Crippen molar-refractivity contribution in [1.82, 2.24) is 5.16 Å². The van der Waals surface area contributed by atoms with Gasteiger partial charge in [-0.3, -0.25) is 0 Å². The number of rotatable bonds is 3. The van der Waals surface area contributed by atoms with Crippen molar-refractivity contribution in [3.8, 4) is 5.95 Å². The number of aliphatic carboxylic acids is 1. The van der Waals surface area contributed by atoms with E-state index < -0.39 is 30.4 Å². The summed E-state index contributed by atoms with van der Waals surface area (Å²) in [6.07, 6.45) is -4.64. The van der Waals surface area contributed by atoms with Crippen LogP contribution < -0.4 is 4.74 Å². The molecule has 0 radical (unpaired) electrons. The monoisotopic (exact) mass is 225 g/mol. The van der Waals surface area contributed by atoms with Crippen LogP contribution in [-0.2, 0) is 11.0 Å². The largest absolute Gasteiger partial charge is 0.479 e. The molecule has 1 heterocycles. The Bertz CT molecular complexity index is 371. The lowest BCUT2D eigenvalue weighted by Crippen LogP contribution is -2.10. The van der Waals surface area contributed by atoms with Crippen molar-refractivity contribution < 1.29 is 32.3 Å². The van der Waals surface area contributed by atoms with Gasteiger partial charge in [-0.1, -0.05) is 5.16 Å². The summed E-state index contributed by atoms with van der Waals surface area (Å²) < 4.78 is 45.2. The lowest BCUT2D eigenvalue weighted by molar-refractivity contribution is -0.143. The summed E-state index contributed by atoms with van der Waals surface area (Å²) >= 11 is 0. The topological polar surface area (TPSA) is 72.6 Å². The molecule has 1 aromatic heterocycles. The van der Waals surface area contributed by atoms with Gasteiger partial charge in [0.15, 0.2) is 12.3 Å². The molecule has 0 aliphatic heterocycles. The Morgan fingerprint density at radius 3 is 2.60 bits per heavy atom. The van der Waals surface area contributed by atoms with E-state index in [1.165, 1.54) is 0 Å². The molecule has 0 aliphatic rings. The fourth-order valence-electron chi connectivity index (χ4n) is 0.847. The highest BCUT2D eigenvalue weighted by molar-refractivity contribution is 5.68. The zero-order valence-electron chi connectivity index (χ0n) is 7.46. The second-order valence-electron chi connectivity index (χ2n) is 2.62. The highest BCUT2D eigenvalue weighted by Crippen LogP contribution is 2.34. The summed E-state index contributed by atoms with van der Waals surface area (Å²) in [7, 11) is 0. The average Bonchev–Trinajstić information content (AvgIpc) is 2.42. The fraction of sp³-hybridized carbons (Fsp3) is 0.429. The van der Waals surface area contributed by atoms with Crippen LogP contribution in [0.25, 0.3) is 0 Å². The number of aromatic nitrogens is 1. The average molecular weight is 225 g/mol. The minimum absolute atomic E-state index is 0.372. The van der Waals surface area contributed by atoms with Crippen molar-refractivity contribution in [3.63, 3.8) is 0 Å². The van der Waals surface area contributed by atoms with Gasteiger partial charge in [-0.2, -0.15) is 13.2 Å². The minimum Gasteiger partial charge on any atom is -0.479 e. The van der Waals surface area contributed by atoms with Gasteiger partial charge in [0.1, 0.15) is 0 Å². The lowest BCUT2D eigenvalue weighted by atomic mass is 10.2. The highest BCUT2D eigenvalue weighted by atomic mass is 19.4. The fourth-order valence-corrected chi connectivity index (χ4v) is 0.847. The van der Waals surface area contributed by atoms with Crippen LogP contribution in [0.15, 0.2) is 4.52 Å². The Morgan fingerprint density at radius 1 is 1.60 bits per heavy atom. The van der Waals surface area contributed by atoms with Crippen molar-refractivity contribution in [1.29, 1.82) is 0 Å². The summed E-state index contributed by atoms with van der Waals surface area (Å²) in [4.78, 5) is 10.1. The van der Waals surface area contributed by atoms with E-state index in [0.717, 1.165) is 6.92 Å². The molecule has 0 spiro atoms. The molecule has 0 saturated heterocycles. The van der Waals surface area contributed by atoms with Crippen molar-refractivity contribution in [2.24, 2.45) is 0 Å². The van der Waals surface area contributed by atoms with Gasteiger partial charge in [0, 0.05) is 0 Å². The summed E-state index contributed by atoms with van der Waals surface area (Å²) in [6.45, 7) is 0.295. The third-order valence-electron chi connectivity index (χ3n) is 1.48. The van der Waals surface area contributed by atoms with Gasteiger partial charge in [-0.15, -0.1) is 0 Å². The van der Waals surface area contributed by atoms with E-state index in [2.05, 4.69) is 14.4 Å². The molecule has 0 bridgehead atoms. The third kappa shape index (κ3) is 2.61. The zero-order valence-corrected chi connectivity index (χ0v) is 7.46. The van der Waals surface area contributed by atoms with Crippen LogP contribution in [0.1, 0.15) is 11.3 Å². The van der Waals surface area contributed by atoms with E-state index in [1.54, 1.807) is 0 Å². The van der Waals surface area contributed by atoms with Crippen LogP contribution in [-0.4, -0.2) is 22.8 Å². The van der Waals surface area contributed by atoms with E-state index in [0.29, 0.717) is 0 Å². The molecule has 0 aromatic carbocycles. The number of alkyl halides is 3. The first-order valence-electron chi connectivity index (χ1n) is 3.70. The third-order valence-corrected chi connectivity index (χ3v) is 1.48. The molecule has 1 rings (SSSR count). The Kier molecular flexibility index (Phi) is 2.87. The molecule has 84 valence electrons. The van der Waals surface area contributed by atoms with Crippen molar-refractivity contribution in [2.75, 3.05) is 6.61 Å². The summed E-state index contributed by atoms with van der Waals surface area (Å²) in [6, 6.07) is 0. The maximum Gasteiger partial charge on any atom is 0.437 e. The molecule has 0 amide bonds. The summed E-state index contributed by atoms with van der Waals surface area (Å²) in [5.74, 6) is -1.86. The Morgan fingerprint density at radius 2 is 2.20 bits per heavy atom. The molecule has 0 fully saturated rings. The molecule has 15 heavy (non-hydrogen) atoms. The molecular formula is C7H6F3NO4. The number of ether oxygens (including phenoxy) is 1. The van der Waals surface area contributed by atoms with E-state index >= 15 is 0 Å². The second-order valence-corrected chi connectivity index (χ2v) is 2.62. The van der Waals surface area contributed by atoms with Crippen molar-refractivity contribution in [3.05, 3.63) is 11.3 Å². The van der Waals surface area contributed by atoms with Gasteiger partial charge < -0.3 is 14.4 Å². The first-order valence-corrected chi connectivity index (χ1v) is 3.70. The standard InChI is InChI=1S/C7H6F3NO4/c1-3-5(7(8,9)10)11-15-6(3)14-2-4(12)13/h2H2,1H3,(H,12,13). The van der Waals surface area contributed by atoms with Crippen LogP contribution in [0.4, 0.5) is 13.2 Å². The smallest absolute Gasteiger partial charge is 0.437 e. The van der Waals surface area contributed by atoms with Crippen LogP contribution >= 0.6 is 0 Å². The Hall–Kier alpha value is -1.73. The van der Waals surface area contributed by atoms with E-state index in [-0.39, 0.29) is 5.56 Å². The van der Waals surface area contributed by atoms with Gasteiger partial charge in [-0.05, 0) is 6.92 Å².